The van der Waals surface area contributed by atoms with Crippen LogP contribution in [0.2, 0.25) is 0 Å². The van der Waals surface area contributed by atoms with Crippen LogP contribution in [-0.2, 0) is 5.41 Å². The van der Waals surface area contributed by atoms with Crippen molar-refractivity contribution >= 4 is 17.2 Å². The Morgan fingerprint density at radius 3 is 2.42 bits per heavy atom. The number of nitrogens with zero attached hydrogens (tertiary/aromatic N) is 1. The van der Waals surface area contributed by atoms with Crippen LogP contribution in [0.3, 0.4) is 0 Å². The van der Waals surface area contributed by atoms with E-state index in [1.807, 2.05) is 26.2 Å². The van der Waals surface area contributed by atoms with E-state index < -0.39 is 5.91 Å². The maximum Gasteiger partial charge on any atom is 0.277 e. The molecular formula is C8H12N2OS. The first-order chi connectivity index (χ1) is 5.41. The first-order valence-electron chi connectivity index (χ1n) is 3.67. The van der Waals surface area contributed by atoms with E-state index in [2.05, 4.69) is 4.98 Å². The minimum absolute atomic E-state index is 0.00972. The fraction of sp³-hybridized carbons (Fsp3) is 0.500. The second kappa shape index (κ2) is 2.86. The lowest BCUT2D eigenvalue weighted by Crippen LogP contribution is -2.14. The largest absolute Gasteiger partial charge is 0.364 e. The number of hydrogen-bond acceptors (Lipinski definition) is 3. The molecule has 0 saturated carbocycles. The third-order valence-electron chi connectivity index (χ3n) is 1.48. The third-order valence-corrected chi connectivity index (χ3v) is 2.34. The molecule has 0 aliphatic heterocycles. The Labute approximate surface area is 75.6 Å². The highest BCUT2D eigenvalue weighted by molar-refractivity contribution is 7.11. The molecule has 3 nitrogen and oxygen atoms in total. The maximum absolute atomic E-state index is 10.7. The number of rotatable bonds is 1. The molecule has 1 amide bonds. The van der Waals surface area contributed by atoms with Gasteiger partial charge in [0, 0.05) is 10.8 Å². The molecule has 1 aromatic heterocycles. The van der Waals surface area contributed by atoms with E-state index in [1.54, 1.807) is 0 Å². The average Bonchev–Trinajstić information content (AvgIpc) is 2.30. The van der Waals surface area contributed by atoms with Gasteiger partial charge in [0.2, 0.25) is 0 Å². The van der Waals surface area contributed by atoms with Crippen LogP contribution < -0.4 is 5.73 Å². The van der Waals surface area contributed by atoms with E-state index in [-0.39, 0.29) is 5.41 Å². The molecule has 1 aromatic rings. The van der Waals surface area contributed by atoms with E-state index in [0.717, 1.165) is 5.69 Å². The Morgan fingerprint density at radius 2 is 2.17 bits per heavy atom. The predicted molar refractivity (Wildman–Crippen MR) is 49.3 cm³/mol. The molecular weight excluding hydrogens is 172 g/mol. The quantitative estimate of drug-likeness (QED) is 0.719. The molecule has 12 heavy (non-hydrogen) atoms. The summed E-state index contributed by atoms with van der Waals surface area (Å²) in [6.45, 7) is 6.15. The zero-order valence-corrected chi connectivity index (χ0v) is 8.23. The summed E-state index contributed by atoms with van der Waals surface area (Å²) in [5.74, 6) is -0.449. The van der Waals surface area contributed by atoms with Crippen molar-refractivity contribution in [2.45, 2.75) is 26.2 Å². The van der Waals surface area contributed by atoms with Crippen LogP contribution in [0.1, 0.15) is 36.3 Å². The summed E-state index contributed by atoms with van der Waals surface area (Å²) in [5.41, 5.74) is 5.99. The molecule has 4 heteroatoms. The van der Waals surface area contributed by atoms with E-state index in [1.165, 1.54) is 11.3 Å². The van der Waals surface area contributed by atoms with Gasteiger partial charge in [0.15, 0.2) is 5.01 Å². The van der Waals surface area contributed by atoms with Crippen LogP contribution in [0, 0.1) is 0 Å². The standard InChI is InChI=1S/C8H12N2OS/c1-8(2,3)5-4-12-7(10-5)6(9)11/h4H,1-3H3,(H2,9,11). The highest BCUT2D eigenvalue weighted by Gasteiger charge is 2.18. The number of aromatic nitrogens is 1. The van der Waals surface area contributed by atoms with E-state index in [9.17, 15) is 4.79 Å². The Kier molecular flexibility index (Phi) is 2.19. The summed E-state index contributed by atoms with van der Waals surface area (Å²) in [5, 5.41) is 2.26. The molecule has 1 rings (SSSR count). The molecule has 0 aliphatic rings. The molecule has 1 heterocycles. The van der Waals surface area contributed by atoms with Crippen molar-refractivity contribution in [3.8, 4) is 0 Å². The minimum atomic E-state index is -0.449. The van der Waals surface area contributed by atoms with Crippen LogP contribution in [0.5, 0.6) is 0 Å². The zero-order valence-electron chi connectivity index (χ0n) is 7.42. The summed E-state index contributed by atoms with van der Waals surface area (Å²) in [6, 6.07) is 0. The van der Waals surface area contributed by atoms with Crippen molar-refractivity contribution in [2.24, 2.45) is 5.73 Å². The van der Waals surface area contributed by atoms with E-state index in [4.69, 9.17) is 5.73 Å². The van der Waals surface area contributed by atoms with Gasteiger partial charge in [-0.15, -0.1) is 11.3 Å². The highest BCUT2D eigenvalue weighted by Crippen LogP contribution is 2.23. The van der Waals surface area contributed by atoms with Crippen LogP contribution in [0.4, 0.5) is 0 Å². The highest BCUT2D eigenvalue weighted by atomic mass is 32.1. The van der Waals surface area contributed by atoms with Crippen molar-refractivity contribution in [2.75, 3.05) is 0 Å². The Hall–Kier alpha value is -0.900. The molecule has 0 aromatic carbocycles. The molecule has 0 saturated heterocycles. The van der Waals surface area contributed by atoms with Gasteiger partial charge in [0.05, 0.1) is 5.69 Å². The minimum Gasteiger partial charge on any atom is -0.364 e. The van der Waals surface area contributed by atoms with Gasteiger partial charge in [-0.05, 0) is 0 Å². The van der Waals surface area contributed by atoms with Crippen LogP contribution in [-0.4, -0.2) is 10.9 Å². The van der Waals surface area contributed by atoms with Gasteiger partial charge in [0.25, 0.3) is 5.91 Å². The molecule has 0 aliphatic carbocycles. The first kappa shape index (κ1) is 9.19. The van der Waals surface area contributed by atoms with Crippen LogP contribution in [0.15, 0.2) is 5.38 Å². The second-order valence-electron chi connectivity index (χ2n) is 3.65. The molecule has 0 unspecified atom stereocenters. The molecule has 0 radical (unpaired) electrons. The van der Waals surface area contributed by atoms with Crippen molar-refractivity contribution < 1.29 is 4.79 Å². The van der Waals surface area contributed by atoms with Crippen LogP contribution in [0.25, 0.3) is 0 Å². The fourth-order valence-electron chi connectivity index (χ4n) is 0.731. The lowest BCUT2D eigenvalue weighted by molar-refractivity contribution is 0.0999. The first-order valence-corrected chi connectivity index (χ1v) is 4.55. The summed E-state index contributed by atoms with van der Waals surface area (Å²) in [4.78, 5) is 14.8. The predicted octanol–water partition coefficient (Wildman–Crippen LogP) is 1.54. The van der Waals surface area contributed by atoms with E-state index >= 15 is 0 Å². The Morgan fingerprint density at radius 1 is 1.58 bits per heavy atom. The number of carbonyl (C=O) groups excluding carboxylic acids is 1. The Bertz CT molecular complexity index is 298. The molecule has 0 spiro atoms. The number of amides is 1. The Balaban J connectivity index is 3.00. The summed E-state index contributed by atoms with van der Waals surface area (Å²) in [7, 11) is 0. The van der Waals surface area contributed by atoms with Gasteiger partial charge in [-0.3, -0.25) is 4.79 Å². The second-order valence-corrected chi connectivity index (χ2v) is 4.51. The van der Waals surface area contributed by atoms with Gasteiger partial charge in [-0.2, -0.15) is 0 Å². The SMILES string of the molecule is CC(C)(C)c1csc(C(N)=O)n1. The topological polar surface area (TPSA) is 56.0 Å². The molecule has 2 N–H and O–H groups in total. The number of carbonyl (C=O) groups is 1. The smallest absolute Gasteiger partial charge is 0.277 e. The number of nitrogens with two attached hydrogens (primary N) is 1. The maximum atomic E-state index is 10.7. The molecule has 0 bridgehead atoms. The van der Waals surface area contributed by atoms with Gasteiger partial charge < -0.3 is 5.73 Å². The monoisotopic (exact) mass is 184 g/mol. The van der Waals surface area contributed by atoms with E-state index in [0.29, 0.717) is 5.01 Å². The molecule has 66 valence electrons. The molecule has 0 atom stereocenters. The number of hydrogen-bond donors (Lipinski definition) is 1. The zero-order chi connectivity index (χ0) is 9.35. The van der Waals surface area contributed by atoms with Gasteiger partial charge >= 0.3 is 0 Å². The summed E-state index contributed by atoms with van der Waals surface area (Å²) in [6.07, 6.45) is 0. The lowest BCUT2D eigenvalue weighted by Gasteiger charge is -2.13. The fourth-order valence-corrected chi connectivity index (χ4v) is 1.63. The third kappa shape index (κ3) is 1.82. The number of primary amides is 1. The summed E-state index contributed by atoms with van der Waals surface area (Å²) < 4.78 is 0. The van der Waals surface area contributed by atoms with Crippen molar-refractivity contribution in [3.05, 3.63) is 16.1 Å². The van der Waals surface area contributed by atoms with Crippen molar-refractivity contribution in [1.29, 1.82) is 0 Å². The normalized spacial score (nSPS) is 11.6. The summed E-state index contributed by atoms with van der Waals surface area (Å²) >= 11 is 1.30. The van der Waals surface area contributed by atoms with Gasteiger partial charge in [0.1, 0.15) is 0 Å². The van der Waals surface area contributed by atoms with Gasteiger partial charge in [-0.1, -0.05) is 20.8 Å². The van der Waals surface area contributed by atoms with Crippen molar-refractivity contribution in [3.63, 3.8) is 0 Å². The van der Waals surface area contributed by atoms with Crippen molar-refractivity contribution in [1.82, 2.24) is 4.98 Å². The average molecular weight is 184 g/mol. The lowest BCUT2D eigenvalue weighted by atomic mass is 9.93. The van der Waals surface area contributed by atoms with Gasteiger partial charge in [-0.25, -0.2) is 4.98 Å². The van der Waals surface area contributed by atoms with Crippen LogP contribution >= 0.6 is 11.3 Å². The number of thiazole rings is 1. The molecule has 0 fully saturated rings.